The van der Waals surface area contributed by atoms with Crippen molar-refractivity contribution in [1.29, 1.82) is 5.26 Å². The smallest absolute Gasteiger partial charge is 0.146 e. The van der Waals surface area contributed by atoms with Crippen molar-refractivity contribution in [2.75, 3.05) is 18.0 Å². The average Bonchev–Trinajstić information content (AvgIpc) is 2.39. The first-order chi connectivity index (χ1) is 8.22. The third-order valence-corrected chi connectivity index (χ3v) is 3.41. The molecule has 90 valence electrons. The number of nitrogens with zero attached hydrogens (tertiary/aromatic N) is 3. The summed E-state index contributed by atoms with van der Waals surface area (Å²) >= 11 is 0. The summed E-state index contributed by atoms with van der Waals surface area (Å²) in [7, 11) is 0. The molecule has 2 atom stereocenters. The normalized spacial score (nSPS) is 21.9. The maximum atomic E-state index is 9.08. The number of anilines is 1. The lowest BCUT2D eigenvalue weighted by atomic mass is 9.92. The number of aromatic nitrogens is 1. The largest absolute Gasteiger partial charge is 0.355 e. The number of rotatable bonds is 2. The zero-order valence-electron chi connectivity index (χ0n) is 10.1. The van der Waals surface area contributed by atoms with Crippen molar-refractivity contribution in [2.24, 2.45) is 11.7 Å². The topological polar surface area (TPSA) is 65.9 Å². The van der Waals surface area contributed by atoms with Gasteiger partial charge < -0.3 is 10.6 Å². The van der Waals surface area contributed by atoms with E-state index in [2.05, 4.69) is 22.9 Å². The van der Waals surface area contributed by atoms with Gasteiger partial charge in [0, 0.05) is 25.3 Å². The Hall–Kier alpha value is -1.60. The van der Waals surface area contributed by atoms with E-state index in [0.29, 0.717) is 11.5 Å². The number of hydrogen-bond acceptors (Lipinski definition) is 4. The Balaban J connectivity index is 2.19. The molecule has 0 aliphatic carbocycles. The van der Waals surface area contributed by atoms with Crippen LogP contribution in [-0.4, -0.2) is 24.1 Å². The molecule has 1 aliphatic rings. The van der Waals surface area contributed by atoms with Gasteiger partial charge in [0.15, 0.2) is 0 Å². The molecular formula is C13H18N4. The highest BCUT2D eigenvalue weighted by Crippen LogP contribution is 2.25. The third-order valence-electron chi connectivity index (χ3n) is 3.41. The van der Waals surface area contributed by atoms with Gasteiger partial charge in [-0.25, -0.2) is 4.98 Å². The van der Waals surface area contributed by atoms with Crippen molar-refractivity contribution in [1.82, 2.24) is 4.98 Å². The van der Waals surface area contributed by atoms with E-state index in [0.717, 1.165) is 25.3 Å². The summed E-state index contributed by atoms with van der Waals surface area (Å²) in [6.45, 7) is 3.93. The molecule has 2 heterocycles. The van der Waals surface area contributed by atoms with Gasteiger partial charge in [0.2, 0.25) is 0 Å². The highest BCUT2D eigenvalue weighted by Gasteiger charge is 2.24. The third kappa shape index (κ3) is 2.56. The van der Waals surface area contributed by atoms with Gasteiger partial charge in [0.1, 0.15) is 11.9 Å². The molecule has 1 fully saturated rings. The molecule has 0 saturated carbocycles. The fraction of sp³-hybridized carbons (Fsp3) is 0.538. The van der Waals surface area contributed by atoms with Gasteiger partial charge in [-0.15, -0.1) is 0 Å². The summed E-state index contributed by atoms with van der Waals surface area (Å²) in [5.74, 6) is 1.30. The van der Waals surface area contributed by atoms with E-state index in [4.69, 9.17) is 11.0 Å². The quantitative estimate of drug-likeness (QED) is 0.836. The van der Waals surface area contributed by atoms with E-state index in [9.17, 15) is 0 Å². The Morgan fingerprint density at radius 1 is 1.65 bits per heavy atom. The second-order valence-electron chi connectivity index (χ2n) is 4.69. The summed E-state index contributed by atoms with van der Waals surface area (Å²) in [5, 5.41) is 9.08. The van der Waals surface area contributed by atoms with Crippen LogP contribution in [0.3, 0.4) is 0 Å². The lowest BCUT2D eigenvalue weighted by Gasteiger charge is -2.35. The average molecular weight is 230 g/mol. The van der Waals surface area contributed by atoms with Crippen molar-refractivity contribution in [3.8, 4) is 6.07 Å². The van der Waals surface area contributed by atoms with Gasteiger partial charge in [-0.05, 0) is 37.8 Å². The minimum Gasteiger partial charge on any atom is -0.355 e. The summed E-state index contributed by atoms with van der Waals surface area (Å²) in [5.41, 5.74) is 6.62. The second-order valence-corrected chi connectivity index (χ2v) is 4.69. The zero-order valence-corrected chi connectivity index (χ0v) is 10.1. The molecule has 1 aromatic rings. The maximum absolute atomic E-state index is 9.08. The van der Waals surface area contributed by atoms with Crippen LogP contribution in [-0.2, 0) is 0 Å². The number of pyridine rings is 1. The van der Waals surface area contributed by atoms with Gasteiger partial charge in [-0.2, -0.15) is 5.26 Å². The minimum absolute atomic E-state index is 0.201. The van der Waals surface area contributed by atoms with E-state index in [1.807, 2.05) is 6.07 Å². The minimum atomic E-state index is 0.201. The van der Waals surface area contributed by atoms with Crippen LogP contribution >= 0.6 is 0 Å². The molecule has 2 N–H and O–H groups in total. The Morgan fingerprint density at radius 3 is 3.18 bits per heavy atom. The number of piperidine rings is 1. The van der Waals surface area contributed by atoms with Crippen molar-refractivity contribution >= 4 is 5.82 Å². The van der Waals surface area contributed by atoms with Crippen LogP contribution < -0.4 is 10.6 Å². The molecule has 1 saturated heterocycles. The summed E-state index contributed by atoms with van der Waals surface area (Å²) in [6, 6.07) is 6.02. The van der Waals surface area contributed by atoms with Crippen molar-refractivity contribution in [2.45, 2.75) is 25.8 Å². The first-order valence-electron chi connectivity index (χ1n) is 6.08. The van der Waals surface area contributed by atoms with Gasteiger partial charge >= 0.3 is 0 Å². The van der Waals surface area contributed by atoms with Gasteiger partial charge in [-0.3, -0.25) is 0 Å². The SMILES string of the molecule is CC(N)C1CCCN(c2ncccc2C#N)C1. The van der Waals surface area contributed by atoms with E-state index < -0.39 is 0 Å². The van der Waals surface area contributed by atoms with Crippen molar-refractivity contribution < 1.29 is 0 Å². The molecule has 0 bridgehead atoms. The summed E-state index contributed by atoms with van der Waals surface area (Å²) in [4.78, 5) is 6.52. The monoisotopic (exact) mass is 230 g/mol. The molecule has 0 radical (unpaired) electrons. The Bertz CT molecular complexity index is 422. The van der Waals surface area contributed by atoms with E-state index in [1.54, 1.807) is 12.3 Å². The maximum Gasteiger partial charge on any atom is 0.146 e. The standard InChI is InChI=1S/C13H18N4/c1-10(15)12-5-3-7-17(9-12)13-11(8-14)4-2-6-16-13/h2,4,6,10,12H,3,5,7,9,15H2,1H3. The molecule has 0 aromatic carbocycles. The highest BCUT2D eigenvalue weighted by atomic mass is 15.2. The second kappa shape index (κ2) is 5.15. The van der Waals surface area contributed by atoms with Crippen LogP contribution in [0, 0.1) is 17.2 Å². The van der Waals surface area contributed by atoms with Crippen LogP contribution in [0.5, 0.6) is 0 Å². The van der Waals surface area contributed by atoms with E-state index in [1.165, 1.54) is 6.42 Å². The first kappa shape index (κ1) is 11.9. The molecule has 4 heteroatoms. The van der Waals surface area contributed by atoms with E-state index in [-0.39, 0.29) is 6.04 Å². The molecule has 2 unspecified atom stereocenters. The van der Waals surface area contributed by atoms with Crippen molar-refractivity contribution in [3.05, 3.63) is 23.9 Å². The molecular weight excluding hydrogens is 212 g/mol. The first-order valence-corrected chi connectivity index (χ1v) is 6.08. The molecule has 2 rings (SSSR count). The molecule has 4 nitrogen and oxygen atoms in total. The number of nitrogens with two attached hydrogens (primary N) is 1. The van der Waals surface area contributed by atoms with E-state index >= 15 is 0 Å². The highest BCUT2D eigenvalue weighted by molar-refractivity contribution is 5.53. The molecule has 0 amide bonds. The van der Waals surface area contributed by atoms with Crippen LogP contribution in [0.15, 0.2) is 18.3 Å². The zero-order chi connectivity index (χ0) is 12.3. The van der Waals surface area contributed by atoms with Crippen LogP contribution in [0.25, 0.3) is 0 Å². The predicted octanol–water partition coefficient (Wildman–Crippen LogP) is 1.52. The van der Waals surface area contributed by atoms with Gasteiger partial charge in [-0.1, -0.05) is 0 Å². The fourth-order valence-corrected chi connectivity index (χ4v) is 2.37. The van der Waals surface area contributed by atoms with Crippen molar-refractivity contribution in [3.63, 3.8) is 0 Å². The lowest BCUT2D eigenvalue weighted by Crippen LogP contribution is -2.43. The Morgan fingerprint density at radius 2 is 2.47 bits per heavy atom. The molecule has 1 aliphatic heterocycles. The van der Waals surface area contributed by atoms with Crippen LogP contribution in [0.1, 0.15) is 25.3 Å². The fourth-order valence-electron chi connectivity index (χ4n) is 2.37. The van der Waals surface area contributed by atoms with Crippen LogP contribution in [0.4, 0.5) is 5.82 Å². The predicted molar refractivity (Wildman–Crippen MR) is 67.5 cm³/mol. The summed E-state index contributed by atoms with van der Waals surface area (Å²) < 4.78 is 0. The van der Waals surface area contributed by atoms with Gasteiger partial charge in [0.05, 0.1) is 5.56 Å². The van der Waals surface area contributed by atoms with Gasteiger partial charge in [0.25, 0.3) is 0 Å². The molecule has 17 heavy (non-hydrogen) atoms. The number of hydrogen-bond donors (Lipinski definition) is 1. The Kier molecular flexibility index (Phi) is 3.60. The molecule has 0 spiro atoms. The molecule has 1 aromatic heterocycles. The number of nitriles is 1. The Labute approximate surface area is 102 Å². The lowest BCUT2D eigenvalue weighted by molar-refractivity contribution is 0.363. The summed E-state index contributed by atoms with van der Waals surface area (Å²) in [6.07, 6.45) is 4.03. The van der Waals surface area contributed by atoms with Crippen LogP contribution in [0.2, 0.25) is 0 Å².